The summed E-state index contributed by atoms with van der Waals surface area (Å²) in [5.74, 6) is -1.59. The standard InChI is InChI=1S/C24H32FN5O3/c1-5-8-30-13-15(12-26)9-17(14-30)27-22(31)19(11-24(2,3)4)28-21-18-7-6-16(25)10-20(18)33-23(32)29-21/h6-7,10,15,17,19H,5,8-9,11,13-14H2,1-4H3,(H,27,31)(H,28,29,32)/t15?,17?,19-/m0/s1. The van der Waals surface area contributed by atoms with E-state index in [0.717, 1.165) is 19.0 Å². The van der Waals surface area contributed by atoms with Crippen LogP contribution in [0.15, 0.2) is 27.4 Å². The number of likely N-dealkylation sites (tertiary alicyclic amines) is 1. The Hall–Kier alpha value is -2.99. The third-order valence-electron chi connectivity index (χ3n) is 5.64. The second kappa shape index (κ2) is 10.3. The van der Waals surface area contributed by atoms with Crippen LogP contribution in [0.25, 0.3) is 11.0 Å². The van der Waals surface area contributed by atoms with Gasteiger partial charge in [-0.15, -0.1) is 0 Å². The third kappa shape index (κ3) is 6.75. The number of carbonyl (C=O) groups is 1. The molecule has 1 amide bonds. The lowest BCUT2D eigenvalue weighted by molar-refractivity contribution is -0.123. The smallest absolute Gasteiger partial charge is 0.408 e. The summed E-state index contributed by atoms with van der Waals surface area (Å²) in [7, 11) is 0. The van der Waals surface area contributed by atoms with Gasteiger partial charge < -0.3 is 20.0 Å². The second-order valence-electron chi connectivity index (χ2n) is 9.96. The molecule has 2 unspecified atom stereocenters. The molecule has 0 bridgehead atoms. The predicted molar refractivity (Wildman–Crippen MR) is 124 cm³/mol. The summed E-state index contributed by atoms with van der Waals surface area (Å²) in [6, 6.07) is 5.35. The fourth-order valence-electron chi connectivity index (χ4n) is 4.33. The van der Waals surface area contributed by atoms with E-state index in [2.05, 4.69) is 33.5 Å². The first-order valence-corrected chi connectivity index (χ1v) is 11.4. The Kier molecular flexibility index (Phi) is 7.69. The number of aromatic nitrogens is 1. The molecule has 1 aliphatic heterocycles. The van der Waals surface area contributed by atoms with E-state index >= 15 is 0 Å². The van der Waals surface area contributed by atoms with Crippen molar-refractivity contribution in [1.29, 1.82) is 5.26 Å². The summed E-state index contributed by atoms with van der Waals surface area (Å²) in [5.41, 5.74) is -0.140. The predicted octanol–water partition coefficient (Wildman–Crippen LogP) is 3.28. The number of anilines is 1. The monoisotopic (exact) mass is 457 g/mol. The molecule has 0 saturated carbocycles. The van der Waals surface area contributed by atoms with Crippen LogP contribution in [0.5, 0.6) is 0 Å². The molecule has 1 aromatic heterocycles. The van der Waals surface area contributed by atoms with Crippen molar-refractivity contribution in [3.8, 4) is 6.07 Å². The number of nitriles is 1. The van der Waals surface area contributed by atoms with Gasteiger partial charge in [0.15, 0.2) is 0 Å². The third-order valence-corrected chi connectivity index (χ3v) is 5.64. The number of rotatable bonds is 7. The fraction of sp³-hybridized carbons (Fsp3) is 0.583. The van der Waals surface area contributed by atoms with Gasteiger partial charge in [0.05, 0.1) is 17.4 Å². The molecule has 9 heteroatoms. The minimum Gasteiger partial charge on any atom is -0.408 e. The molecule has 2 heterocycles. The van der Waals surface area contributed by atoms with Crippen molar-refractivity contribution in [1.82, 2.24) is 15.2 Å². The van der Waals surface area contributed by atoms with Gasteiger partial charge in [0.2, 0.25) is 5.91 Å². The van der Waals surface area contributed by atoms with Crippen molar-refractivity contribution < 1.29 is 13.6 Å². The van der Waals surface area contributed by atoms with Crippen molar-refractivity contribution in [3.63, 3.8) is 0 Å². The van der Waals surface area contributed by atoms with Crippen molar-refractivity contribution in [2.75, 3.05) is 25.0 Å². The average Bonchev–Trinajstić information content (AvgIpc) is 2.71. The molecule has 8 nitrogen and oxygen atoms in total. The normalized spacial score (nSPS) is 20.2. The molecule has 3 atom stereocenters. The lowest BCUT2D eigenvalue weighted by atomic mass is 9.87. The quantitative estimate of drug-likeness (QED) is 0.656. The molecule has 1 aromatic carbocycles. The van der Waals surface area contributed by atoms with Crippen LogP contribution in [0.4, 0.5) is 10.2 Å². The number of halogens is 1. The van der Waals surface area contributed by atoms with Gasteiger partial charge in [-0.25, -0.2) is 9.18 Å². The van der Waals surface area contributed by atoms with Crippen molar-refractivity contribution in [2.45, 2.75) is 59.0 Å². The summed E-state index contributed by atoms with van der Waals surface area (Å²) < 4.78 is 18.7. The zero-order chi connectivity index (χ0) is 24.2. The van der Waals surface area contributed by atoms with Gasteiger partial charge in [0, 0.05) is 25.2 Å². The zero-order valence-electron chi connectivity index (χ0n) is 19.7. The van der Waals surface area contributed by atoms with Crippen LogP contribution < -0.4 is 16.4 Å². The van der Waals surface area contributed by atoms with E-state index in [4.69, 9.17) is 4.42 Å². The van der Waals surface area contributed by atoms with Crippen LogP contribution in [0.2, 0.25) is 0 Å². The Morgan fingerprint density at radius 3 is 2.82 bits per heavy atom. The molecule has 178 valence electrons. The Bertz CT molecular complexity index is 1090. The summed E-state index contributed by atoms with van der Waals surface area (Å²) in [5, 5.41) is 16.1. The van der Waals surface area contributed by atoms with Crippen LogP contribution in [0, 0.1) is 28.5 Å². The van der Waals surface area contributed by atoms with E-state index in [1.165, 1.54) is 12.1 Å². The van der Waals surface area contributed by atoms with Crippen molar-refractivity contribution in [3.05, 3.63) is 34.6 Å². The summed E-state index contributed by atoms with van der Waals surface area (Å²) in [6.45, 7) is 10.4. The van der Waals surface area contributed by atoms with Crippen LogP contribution >= 0.6 is 0 Å². The van der Waals surface area contributed by atoms with E-state index in [-0.39, 0.29) is 34.7 Å². The van der Waals surface area contributed by atoms with E-state index in [0.29, 0.717) is 31.3 Å². The summed E-state index contributed by atoms with van der Waals surface area (Å²) in [4.78, 5) is 31.4. The van der Waals surface area contributed by atoms with Crippen molar-refractivity contribution in [2.24, 2.45) is 11.3 Å². The summed E-state index contributed by atoms with van der Waals surface area (Å²) >= 11 is 0. The second-order valence-corrected chi connectivity index (χ2v) is 9.96. The van der Waals surface area contributed by atoms with Crippen LogP contribution in [0.1, 0.15) is 47.0 Å². The lowest BCUT2D eigenvalue weighted by Crippen LogP contribution is -2.54. The number of nitrogens with one attached hydrogen (secondary N) is 2. The highest BCUT2D eigenvalue weighted by Gasteiger charge is 2.32. The molecular formula is C24H32FN5O3. The van der Waals surface area contributed by atoms with Gasteiger partial charge in [-0.1, -0.05) is 27.7 Å². The molecule has 0 aliphatic carbocycles. The van der Waals surface area contributed by atoms with E-state index in [1.54, 1.807) is 0 Å². The Balaban J connectivity index is 1.84. The maximum atomic E-state index is 13.6. The van der Waals surface area contributed by atoms with E-state index in [9.17, 15) is 19.2 Å². The van der Waals surface area contributed by atoms with Crippen LogP contribution in [-0.4, -0.2) is 47.5 Å². The molecule has 2 N–H and O–H groups in total. The molecule has 33 heavy (non-hydrogen) atoms. The van der Waals surface area contributed by atoms with Gasteiger partial charge >= 0.3 is 5.76 Å². The Labute approximate surface area is 193 Å². The highest BCUT2D eigenvalue weighted by Crippen LogP contribution is 2.26. The van der Waals surface area contributed by atoms with E-state index < -0.39 is 17.6 Å². The first kappa shape index (κ1) is 24.6. The number of piperidine rings is 1. The summed E-state index contributed by atoms with van der Waals surface area (Å²) in [6.07, 6.45) is 2.04. The van der Waals surface area contributed by atoms with Gasteiger partial charge in [-0.2, -0.15) is 10.2 Å². The van der Waals surface area contributed by atoms with E-state index in [1.807, 2.05) is 20.8 Å². The van der Waals surface area contributed by atoms with Gasteiger partial charge in [-0.3, -0.25) is 4.79 Å². The highest BCUT2D eigenvalue weighted by atomic mass is 19.1. The molecule has 1 aliphatic rings. The largest absolute Gasteiger partial charge is 0.441 e. The van der Waals surface area contributed by atoms with Crippen molar-refractivity contribution >= 4 is 22.7 Å². The number of hydrogen-bond donors (Lipinski definition) is 2. The van der Waals surface area contributed by atoms with Crippen LogP contribution in [-0.2, 0) is 4.79 Å². The SMILES string of the molecule is CCCN1CC(C#N)CC(NC(=O)[C@H](CC(C)(C)C)Nc2nc(=O)oc3cc(F)ccc23)C1. The number of benzene rings is 1. The molecule has 0 radical (unpaired) electrons. The fourth-order valence-corrected chi connectivity index (χ4v) is 4.33. The number of carbonyl (C=O) groups excluding carboxylic acids is 1. The first-order chi connectivity index (χ1) is 15.6. The first-order valence-electron chi connectivity index (χ1n) is 11.4. The minimum absolute atomic E-state index is 0.0618. The topological polar surface area (TPSA) is 111 Å². The molecule has 1 fully saturated rings. The zero-order valence-corrected chi connectivity index (χ0v) is 19.7. The Morgan fingerprint density at radius 1 is 1.39 bits per heavy atom. The minimum atomic E-state index is -0.870. The van der Waals surface area contributed by atoms with Gasteiger partial charge in [-0.05, 0) is 43.4 Å². The maximum Gasteiger partial charge on any atom is 0.441 e. The molecule has 0 spiro atoms. The van der Waals surface area contributed by atoms with Gasteiger partial charge in [0.25, 0.3) is 0 Å². The molecule has 3 rings (SSSR count). The lowest BCUT2D eigenvalue weighted by Gasteiger charge is -2.36. The number of amides is 1. The molecule has 1 saturated heterocycles. The van der Waals surface area contributed by atoms with Crippen LogP contribution in [0.3, 0.4) is 0 Å². The molecule has 2 aromatic rings. The van der Waals surface area contributed by atoms with Gasteiger partial charge in [0.1, 0.15) is 23.3 Å². The average molecular weight is 458 g/mol. The number of nitrogens with zero attached hydrogens (tertiary/aromatic N) is 3. The maximum absolute atomic E-state index is 13.6. The number of hydrogen-bond acceptors (Lipinski definition) is 7. The number of fused-ring (bicyclic) bond motifs is 1. The molecular weight excluding hydrogens is 425 g/mol. The highest BCUT2D eigenvalue weighted by molar-refractivity contribution is 5.91. The Morgan fingerprint density at radius 2 is 2.15 bits per heavy atom.